The predicted molar refractivity (Wildman–Crippen MR) is 120 cm³/mol. The molecule has 0 aliphatic heterocycles. The van der Waals surface area contributed by atoms with Crippen LogP contribution in [0.2, 0.25) is 10.0 Å². The first-order valence-corrected chi connectivity index (χ1v) is 11.3. The number of nitrogens with two attached hydrogens (primary N) is 1. The number of aromatic nitrogens is 2. The number of halogens is 5. The van der Waals surface area contributed by atoms with Crippen LogP contribution in [0.4, 0.5) is 19.0 Å². The second-order valence-corrected chi connectivity index (χ2v) is 8.81. The molecule has 3 rings (SSSR count). The minimum absolute atomic E-state index is 0.00211. The average molecular weight is 519 g/mol. The Balaban J connectivity index is 2.00. The van der Waals surface area contributed by atoms with E-state index in [2.05, 4.69) is 10.3 Å². The number of alkyl halides is 3. The standard InChI is InChI=1S/C20H15Cl2F3N4O3S/c1-10-5-3-4-6-12(10)19(30)32-27-9-15-17(33(2)31)18(26)29(28-15)16-13(21)7-11(8-14(16)22)20(23,24)25/h3-9H,26H2,1-2H3/b27-9+. The van der Waals surface area contributed by atoms with E-state index in [9.17, 15) is 22.2 Å². The molecule has 1 atom stereocenters. The quantitative estimate of drug-likeness (QED) is 0.290. The fourth-order valence-electron chi connectivity index (χ4n) is 2.89. The summed E-state index contributed by atoms with van der Waals surface area (Å²) < 4.78 is 52.3. The molecule has 1 unspecified atom stereocenters. The number of nitrogen functional groups attached to an aromatic ring is 1. The topological polar surface area (TPSA) is 99.6 Å². The number of oxime groups is 1. The summed E-state index contributed by atoms with van der Waals surface area (Å²) in [5.74, 6) is -0.921. The Morgan fingerprint density at radius 1 is 1.24 bits per heavy atom. The third-order valence-electron chi connectivity index (χ3n) is 4.42. The van der Waals surface area contributed by atoms with Gasteiger partial charge in [-0.25, -0.2) is 9.48 Å². The van der Waals surface area contributed by atoms with Crippen LogP contribution in [-0.2, 0) is 21.8 Å². The summed E-state index contributed by atoms with van der Waals surface area (Å²) >= 11 is 12.1. The fourth-order valence-corrected chi connectivity index (χ4v) is 4.31. The third-order valence-corrected chi connectivity index (χ3v) is 5.99. The lowest BCUT2D eigenvalue weighted by Crippen LogP contribution is -2.09. The Morgan fingerprint density at radius 2 is 1.85 bits per heavy atom. The van der Waals surface area contributed by atoms with Gasteiger partial charge in [0.15, 0.2) is 0 Å². The van der Waals surface area contributed by atoms with E-state index in [4.69, 9.17) is 33.8 Å². The molecule has 13 heteroatoms. The van der Waals surface area contributed by atoms with Gasteiger partial charge in [0, 0.05) is 6.26 Å². The van der Waals surface area contributed by atoms with Crippen molar-refractivity contribution in [3.8, 4) is 5.69 Å². The SMILES string of the molecule is Cc1ccccc1C(=O)O/N=C/c1nn(-c2c(Cl)cc(C(F)(F)F)cc2Cl)c(N)c1S(C)=O. The first-order chi connectivity index (χ1) is 15.4. The van der Waals surface area contributed by atoms with Gasteiger partial charge in [0.05, 0.1) is 38.2 Å². The molecular formula is C20H15Cl2F3N4O3S. The van der Waals surface area contributed by atoms with E-state index in [-0.39, 0.29) is 32.1 Å². The van der Waals surface area contributed by atoms with E-state index < -0.39 is 28.5 Å². The van der Waals surface area contributed by atoms with Gasteiger partial charge in [-0.1, -0.05) is 46.6 Å². The minimum atomic E-state index is -4.67. The first kappa shape index (κ1) is 24.7. The van der Waals surface area contributed by atoms with Gasteiger partial charge >= 0.3 is 12.1 Å². The summed E-state index contributed by atoms with van der Waals surface area (Å²) in [6, 6.07) is 8.03. The Labute approximate surface area is 198 Å². The van der Waals surface area contributed by atoms with Gasteiger partial charge in [0.25, 0.3) is 0 Å². The summed E-state index contributed by atoms with van der Waals surface area (Å²) in [5, 5.41) is 6.93. The summed E-state index contributed by atoms with van der Waals surface area (Å²) in [6.07, 6.45) is -2.35. The molecule has 3 aromatic rings. The highest BCUT2D eigenvalue weighted by Gasteiger charge is 2.33. The van der Waals surface area contributed by atoms with Crippen LogP contribution in [0.3, 0.4) is 0 Å². The van der Waals surface area contributed by atoms with Crippen molar-refractivity contribution in [1.82, 2.24) is 9.78 Å². The summed E-state index contributed by atoms with van der Waals surface area (Å²) in [5.41, 5.74) is 5.74. The molecule has 2 aromatic carbocycles. The lowest BCUT2D eigenvalue weighted by Gasteiger charge is -2.13. The number of hydrogen-bond acceptors (Lipinski definition) is 6. The molecule has 0 radical (unpaired) electrons. The van der Waals surface area contributed by atoms with Gasteiger partial charge in [0.2, 0.25) is 0 Å². The number of benzene rings is 2. The number of carbonyl (C=O) groups is 1. The third kappa shape index (κ3) is 5.21. The Morgan fingerprint density at radius 3 is 2.39 bits per heavy atom. The number of carbonyl (C=O) groups excluding carboxylic acids is 1. The number of rotatable bonds is 5. The Kier molecular flexibility index (Phi) is 7.15. The van der Waals surface area contributed by atoms with E-state index in [0.29, 0.717) is 23.3 Å². The molecule has 33 heavy (non-hydrogen) atoms. The number of nitrogens with zero attached hydrogens (tertiary/aromatic N) is 3. The minimum Gasteiger partial charge on any atom is -0.383 e. The van der Waals surface area contributed by atoms with Crippen LogP contribution in [0.5, 0.6) is 0 Å². The van der Waals surface area contributed by atoms with Crippen molar-refractivity contribution in [3.05, 3.63) is 68.8 Å². The smallest absolute Gasteiger partial charge is 0.383 e. The molecule has 0 aliphatic rings. The zero-order valence-corrected chi connectivity index (χ0v) is 19.3. The summed E-state index contributed by atoms with van der Waals surface area (Å²) in [4.78, 5) is 17.1. The number of hydrogen-bond donors (Lipinski definition) is 1. The van der Waals surface area contributed by atoms with Crippen LogP contribution in [0.15, 0.2) is 46.4 Å². The normalized spacial score (nSPS) is 12.8. The summed E-state index contributed by atoms with van der Waals surface area (Å²) in [7, 11) is -1.70. The van der Waals surface area contributed by atoms with Crippen molar-refractivity contribution < 1.29 is 27.0 Å². The Hall–Kier alpha value is -2.89. The van der Waals surface area contributed by atoms with Crippen LogP contribution in [-0.4, -0.2) is 32.4 Å². The number of aryl methyl sites for hydroxylation is 1. The van der Waals surface area contributed by atoms with Crippen molar-refractivity contribution in [1.29, 1.82) is 0 Å². The highest BCUT2D eigenvalue weighted by Crippen LogP contribution is 2.38. The van der Waals surface area contributed by atoms with Gasteiger partial charge < -0.3 is 10.6 Å². The average Bonchev–Trinajstić information content (AvgIpc) is 3.03. The van der Waals surface area contributed by atoms with Crippen LogP contribution < -0.4 is 5.73 Å². The van der Waals surface area contributed by atoms with E-state index in [1.54, 1.807) is 31.2 Å². The van der Waals surface area contributed by atoms with Crippen molar-refractivity contribution in [2.24, 2.45) is 5.16 Å². The van der Waals surface area contributed by atoms with Gasteiger partial charge in [-0.05, 0) is 30.7 Å². The van der Waals surface area contributed by atoms with Crippen LogP contribution in [0.25, 0.3) is 5.69 Å². The largest absolute Gasteiger partial charge is 0.416 e. The molecule has 1 heterocycles. The molecule has 1 aromatic heterocycles. The first-order valence-electron chi connectivity index (χ1n) is 9.00. The molecule has 7 nitrogen and oxygen atoms in total. The van der Waals surface area contributed by atoms with E-state index in [0.717, 1.165) is 10.9 Å². The number of anilines is 1. The van der Waals surface area contributed by atoms with Crippen LogP contribution >= 0.6 is 23.2 Å². The zero-order valence-electron chi connectivity index (χ0n) is 17.0. The fraction of sp³-hybridized carbons (Fsp3) is 0.150. The van der Waals surface area contributed by atoms with Crippen molar-refractivity contribution >= 4 is 52.0 Å². The lowest BCUT2D eigenvalue weighted by atomic mass is 10.1. The predicted octanol–water partition coefficient (Wildman–Crippen LogP) is 5.02. The van der Waals surface area contributed by atoms with Crippen LogP contribution in [0, 0.1) is 6.92 Å². The molecule has 0 amide bonds. The molecule has 0 saturated carbocycles. The molecule has 0 fully saturated rings. The lowest BCUT2D eigenvalue weighted by molar-refractivity contribution is -0.137. The summed E-state index contributed by atoms with van der Waals surface area (Å²) in [6.45, 7) is 1.72. The highest BCUT2D eigenvalue weighted by molar-refractivity contribution is 7.84. The molecule has 0 bridgehead atoms. The van der Waals surface area contributed by atoms with Gasteiger partial charge in [-0.2, -0.15) is 18.3 Å². The second-order valence-electron chi connectivity index (χ2n) is 6.68. The van der Waals surface area contributed by atoms with Crippen molar-refractivity contribution in [3.63, 3.8) is 0 Å². The molecule has 0 saturated heterocycles. The van der Waals surface area contributed by atoms with E-state index >= 15 is 0 Å². The zero-order chi connectivity index (χ0) is 24.5. The van der Waals surface area contributed by atoms with Gasteiger partial charge in [0.1, 0.15) is 22.1 Å². The Bertz CT molecular complexity index is 1270. The van der Waals surface area contributed by atoms with Crippen molar-refractivity contribution in [2.75, 3.05) is 12.0 Å². The van der Waals surface area contributed by atoms with E-state index in [1.165, 1.54) is 6.26 Å². The highest BCUT2D eigenvalue weighted by atomic mass is 35.5. The van der Waals surface area contributed by atoms with Crippen LogP contribution in [0.1, 0.15) is 27.2 Å². The maximum absolute atomic E-state index is 13.0. The molecule has 0 spiro atoms. The molecule has 2 N–H and O–H groups in total. The maximum Gasteiger partial charge on any atom is 0.416 e. The molecular weight excluding hydrogens is 504 g/mol. The van der Waals surface area contributed by atoms with E-state index in [1.807, 2.05) is 0 Å². The van der Waals surface area contributed by atoms with Gasteiger partial charge in [-0.15, -0.1) is 0 Å². The second kappa shape index (κ2) is 9.54. The maximum atomic E-state index is 13.0. The van der Waals surface area contributed by atoms with Crippen molar-refractivity contribution in [2.45, 2.75) is 18.0 Å². The van der Waals surface area contributed by atoms with Gasteiger partial charge in [-0.3, -0.25) is 4.21 Å². The monoisotopic (exact) mass is 518 g/mol. The molecule has 174 valence electrons. The molecule has 0 aliphatic carbocycles.